The number of amides is 2. The van der Waals surface area contributed by atoms with E-state index in [2.05, 4.69) is 21.2 Å². The molecule has 0 aliphatic heterocycles. The van der Waals surface area contributed by atoms with E-state index < -0.39 is 28.5 Å². The van der Waals surface area contributed by atoms with Crippen molar-refractivity contribution >= 4 is 43.5 Å². The molecule has 0 aliphatic carbocycles. The summed E-state index contributed by atoms with van der Waals surface area (Å²) in [7, 11) is -3.76. The Morgan fingerprint density at radius 2 is 1.71 bits per heavy atom. The van der Waals surface area contributed by atoms with Gasteiger partial charge in [0.15, 0.2) is 0 Å². The number of hydrogen-bond acceptors (Lipinski definition) is 4. The molecule has 0 aliphatic rings. The fraction of sp³-hybridized carbons (Fsp3) is 0.440. The van der Waals surface area contributed by atoms with E-state index in [-0.39, 0.29) is 12.5 Å². The van der Waals surface area contributed by atoms with Crippen molar-refractivity contribution in [3.05, 3.63) is 63.6 Å². The van der Waals surface area contributed by atoms with E-state index in [1.807, 2.05) is 63.2 Å². The Labute approximate surface area is 211 Å². The molecule has 2 aromatic rings. The van der Waals surface area contributed by atoms with Crippen LogP contribution < -0.4 is 9.62 Å². The lowest BCUT2D eigenvalue weighted by atomic mass is 10.1. The molecule has 0 saturated heterocycles. The van der Waals surface area contributed by atoms with Crippen LogP contribution in [0, 0.1) is 13.8 Å². The number of rotatable bonds is 11. The monoisotopic (exact) mass is 551 g/mol. The summed E-state index contributed by atoms with van der Waals surface area (Å²) in [5.41, 5.74) is 2.82. The van der Waals surface area contributed by atoms with E-state index in [0.717, 1.165) is 44.6 Å². The Bertz CT molecular complexity index is 1100. The lowest BCUT2D eigenvalue weighted by Crippen LogP contribution is -2.51. The van der Waals surface area contributed by atoms with Crippen molar-refractivity contribution in [1.82, 2.24) is 10.2 Å². The van der Waals surface area contributed by atoms with Crippen molar-refractivity contribution in [2.45, 2.75) is 53.1 Å². The van der Waals surface area contributed by atoms with Crippen LogP contribution in [0.15, 0.2) is 46.9 Å². The van der Waals surface area contributed by atoms with E-state index in [9.17, 15) is 18.0 Å². The molecule has 1 unspecified atom stereocenters. The summed E-state index contributed by atoms with van der Waals surface area (Å²) in [5, 5.41) is 2.88. The summed E-state index contributed by atoms with van der Waals surface area (Å²) in [6.45, 7) is 7.63. The number of anilines is 1. The van der Waals surface area contributed by atoms with Gasteiger partial charge < -0.3 is 10.2 Å². The minimum atomic E-state index is -3.76. The number of unbranched alkanes of at least 4 members (excludes halogenated alkanes) is 1. The van der Waals surface area contributed by atoms with Crippen LogP contribution in [0.5, 0.6) is 0 Å². The highest BCUT2D eigenvalue weighted by molar-refractivity contribution is 9.10. The smallest absolute Gasteiger partial charge is 0.244 e. The van der Waals surface area contributed by atoms with E-state index in [0.29, 0.717) is 12.2 Å². The van der Waals surface area contributed by atoms with Crippen LogP contribution in [0.3, 0.4) is 0 Å². The van der Waals surface area contributed by atoms with Gasteiger partial charge in [0, 0.05) is 17.6 Å². The maximum Gasteiger partial charge on any atom is 0.244 e. The minimum Gasteiger partial charge on any atom is -0.354 e. The van der Waals surface area contributed by atoms with Crippen molar-refractivity contribution in [1.29, 1.82) is 0 Å². The number of para-hydroxylation sites is 1. The summed E-state index contributed by atoms with van der Waals surface area (Å²) < 4.78 is 27.5. The lowest BCUT2D eigenvalue weighted by Gasteiger charge is -2.32. The number of sulfonamides is 1. The largest absolute Gasteiger partial charge is 0.354 e. The zero-order chi connectivity index (χ0) is 25.5. The van der Waals surface area contributed by atoms with Crippen LogP contribution in [-0.2, 0) is 26.2 Å². The minimum absolute atomic E-state index is 0.172. The lowest BCUT2D eigenvalue weighted by molar-refractivity contribution is -0.139. The fourth-order valence-electron chi connectivity index (χ4n) is 3.73. The normalized spacial score (nSPS) is 12.2. The summed E-state index contributed by atoms with van der Waals surface area (Å²) in [5.74, 6) is -0.721. The number of carbonyl (C=O) groups excluding carboxylic acids is 2. The Hall–Kier alpha value is -2.39. The Morgan fingerprint density at radius 1 is 1.09 bits per heavy atom. The molecule has 34 heavy (non-hydrogen) atoms. The number of nitrogens with one attached hydrogen (secondary N) is 1. The van der Waals surface area contributed by atoms with Crippen molar-refractivity contribution < 1.29 is 18.0 Å². The second kappa shape index (κ2) is 12.4. The first-order valence-electron chi connectivity index (χ1n) is 11.3. The molecule has 0 bridgehead atoms. The van der Waals surface area contributed by atoms with E-state index >= 15 is 0 Å². The number of hydrogen-bond donors (Lipinski definition) is 1. The molecule has 2 rings (SSSR count). The highest BCUT2D eigenvalue weighted by Crippen LogP contribution is 2.27. The van der Waals surface area contributed by atoms with Crippen molar-refractivity contribution in [3.63, 3.8) is 0 Å². The molecule has 2 aromatic carbocycles. The molecule has 0 saturated carbocycles. The highest BCUT2D eigenvalue weighted by Gasteiger charge is 2.31. The molecule has 1 atom stereocenters. The van der Waals surface area contributed by atoms with Gasteiger partial charge in [-0.2, -0.15) is 0 Å². The maximum atomic E-state index is 13.6. The molecule has 1 N–H and O–H groups in total. The number of carbonyl (C=O) groups is 2. The summed E-state index contributed by atoms with van der Waals surface area (Å²) in [6, 6.07) is 12.2. The molecule has 0 fully saturated rings. The Balaban J connectivity index is 2.41. The van der Waals surface area contributed by atoms with Crippen LogP contribution in [0.2, 0.25) is 0 Å². The summed E-state index contributed by atoms with van der Waals surface area (Å²) in [6.07, 6.45) is 2.87. The third kappa shape index (κ3) is 7.56. The number of aryl methyl sites for hydroxylation is 2. The van der Waals surface area contributed by atoms with Gasteiger partial charge >= 0.3 is 0 Å². The number of halogens is 1. The van der Waals surface area contributed by atoms with Gasteiger partial charge in [-0.1, -0.05) is 59.6 Å². The van der Waals surface area contributed by atoms with Gasteiger partial charge in [-0.25, -0.2) is 8.42 Å². The summed E-state index contributed by atoms with van der Waals surface area (Å²) >= 11 is 3.44. The van der Waals surface area contributed by atoms with Gasteiger partial charge in [-0.15, -0.1) is 0 Å². The van der Waals surface area contributed by atoms with Gasteiger partial charge in [0.05, 0.1) is 11.9 Å². The first kappa shape index (κ1) is 27.9. The molecule has 9 heteroatoms. The van der Waals surface area contributed by atoms with E-state index in [4.69, 9.17) is 0 Å². The first-order chi connectivity index (χ1) is 16.0. The van der Waals surface area contributed by atoms with Crippen LogP contribution >= 0.6 is 15.9 Å². The zero-order valence-corrected chi connectivity index (χ0v) is 22.9. The van der Waals surface area contributed by atoms with Crippen LogP contribution in [0.1, 0.15) is 43.4 Å². The topological polar surface area (TPSA) is 86.8 Å². The second-order valence-electron chi connectivity index (χ2n) is 8.48. The number of benzene rings is 2. The average molecular weight is 553 g/mol. The SMILES string of the molecule is CCCCNC(=O)C(C)N(Cc1cccc(Br)c1)C(=O)CN(c1c(C)cccc1C)S(C)(=O)=O. The Kier molecular flexibility index (Phi) is 10.1. The van der Waals surface area contributed by atoms with Gasteiger partial charge in [-0.3, -0.25) is 13.9 Å². The molecule has 186 valence electrons. The van der Waals surface area contributed by atoms with Crippen LogP contribution in [0.4, 0.5) is 5.69 Å². The van der Waals surface area contributed by atoms with Gasteiger partial charge in [0.1, 0.15) is 12.6 Å². The molecule has 0 heterocycles. The average Bonchev–Trinajstić information content (AvgIpc) is 2.75. The van der Waals surface area contributed by atoms with Gasteiger partial charge in [0.2, 0.25) is 21.8 Å². The van der Waals surface area contributed by atoms with Crippen LogP contribution in [0.25, 0.3) is 0 Å². The predicted molar refractivity (Wildman–Crippen MR) is 140 cm³/mol. The molecule has 0 radical (unpaired) electrons. The highest BCUT2D eigenvalue weighted by atomic mass is 79.9. The van der Waals surface area contributed by atoms with E-state index in [1.165, 1.54) is 4.90 Å². The number of nitrogens with zero attached hydrogens (tertiary/aromatic N) is 2. The molecule has 0 aromatic heterocycles. The Morgan fingerprint density at radius 3 is 2.26 bits per heavy atom. The molecule has 2 amide bonds. The van der Waals surface area contributed by atoms with Gasteiger partial charge in [0.25, 0.3) is 0 Å². The molecular weight excluding hydrogens is 518 g/mol. The van der Waals surface area contributed by atoms with Crippen molar-refractivity contribution in [2.75, 3.05) is 23.7 Å². The third-order valence-corrected chi connectivity index (χ3v) is 7.21. The molecular formula is C25H34BrN3O4S. The van der Waals surface area contributed by atoms with Crippen molar-refractivity contribution in [3.8, 4) is 0 Å². The zero-order valence-electron chi connectivity index (χ0n) is 20.5. The summed E-state index contributed by atoms with van der Waals surface area (Å²) in [4.78, 5) is 27.9. The maximum absolute atomic E-state index is 13.6. The van der Waals surface area contributed by atoms with Crippen LogP contribution in [-0.4, -0.2) is 50.5 Å². The second-order valence-corrected chi connectivity index (χ2v) is 11.3. The first-order valence-corrected chi connectivity index (χ1v) is 13.9. The predicted octanol–water partition coefficient (Wildman–Crippen LogP) is 4.17. The molecule has 0 spiro atoms. The standard InChI is InChI=1S/C25H34BrN3O4S/c1-6-7-14-27-25(31)20(4)28(16-21-12-9-13-22(26)15-21)23(30)17-29(34(5,32)33)24-18(2)10-8-11-19(24)3/h8-13,15,20H,6-7,14,16-17H2,1-5H3,(H,27,31). The van der Waals surface area contributed by atoms with Gasteiger partial charge in [-0.05, 0) is 56.0 Å². The molecule has 7 nitrogen and oxygen atoms in total. The fourth-order valence-corrected chi connectivity index (χ4v) is 5.14. The van der Waals surface area contributed by atoms with Crippen molar-refractivity contribution in [2.24, 2.45) is 0 Å². The quantitative estimate of drug-likeness (QED) is 0.424. The van der Waals surface area contributed by atoms with E-state index in [1.54, 1.807) is 6.92 Å². The third-order valence-electron chi connectivity index (χ3n) is 5.61.